The molecule has 0 heterocycles. The fourth-order valence-electron chi connectivity index (χ4n) is 2.68. The van der Waals surface area contributed by atoms with Gasteiger partial charge in [-0.05, 0) is 27.2 Å². The Balaban J connectivity index is -0.000000318. The van der Waals surface area contributed by atoms with Crippen LogP contribution in [-0.2, 0) is 4.79 Å². The van der Waals surface area contributed by atoms with Crippen molar-refractivity contribution in [3.8, 4) is 0 Å². The normalized spacial score (nSPS) is 10.5. The topological polar surface area (TPSA) is 124 Å². The molecule has 0 radical (unpaired) electrons. The van der Waals surface area contributed by atoms with Crippen molar-refractivity contribution in [2.75, 3.05) is 19.8 Å². The van der Waals surface area contributed by atoms with Gasteiger partial charge >= 0.3 is 5.97 Å². The van der Waals surface area contributed by atoms with E-state index in [4.69, 9.17) is 26.2 Å². The Kier molecular flexibility index (Phi) is 47.5. The van der Waals surface area contributed by atoms with Crippen LogP contribution in [0.15, 0.2) is 0 Å². The largest absolute Gasteiger partial charge is 0.480 e. The van der Waals surface area contributed by atoms with Crippen molar-refractivity contribution in [2.45, 2.75) is 130 Å². The molecule has 0 amide bonds. The summed E-state index contributed by atoms with van der Waals surface area (Å²) in [7, 11) is 0. The van der Waals surface area contributed by atoms with Crippen LogP contribution in [0.2, 0.25) is 0 Å². The van der Waals surface area contributed by atoms with Crippen molar-refractivity contribution in [2.24, 2.45) is 5.73 Å². The summed E-state index contributed by atoms with van der Waals surface area (Å²) in [6.07, 6.45) is 19.1. The average Bonchev–Trinajstić information content (AvgIpc) is 2.70. The number of carboxylic acids is 1. The molecule has 0 rings (SSSR count). The van der Waals surface area contributed by atoms with Gasteiger partial charge in [0.05, 0.1) is 0 Å². The zero-order chi connectivity index (χ0) is 23.9. The third-order valence-electron chi connectivity index (χ3n) is 4.19. The summed E-state index contributed by atoms with van der Waals surface area (Å²) in [4.78, 5) is 10.5. The summed E-state index contributed by atoms with van der Waals surface area (Å²) in [6, 6.07) is -0.665. The maximum absolute atomic E-state index is 10.5. The molecule has 30 heavy (non-hydrogen) atoms. The molecule has 0 saturated carbocycles. The van der Waals surface area contributed by atoms with Gasteiger partial charge in [0.1, 0.15) is 6.04 Å². The maximum atomic E-state index is 10.5. The quantitative estimate of drug-likeness (QED) is 0.210. The van der Waals surface area contributed by atoms with E-state index in [9.17, 15) is 4.79 Å². The van der Waals surface area contributed by atoms with E-state index in [0.29, 0.717) is 6.42 Å². The van der Waals surface area contributed by atoms with Crippen LogP contribution in [0.4, 0.5) is 0 Å². The van der Waals surface area contributed by atoms with Crippen LogP contribution < -0.4 is 5.73 Å². The fraction of sp³-hybridized carbons (Fsp3) is 0.958. The summed E-state index contributed by atoms with van der Waals surface area (Å²) < 4.78 is 0. The molecule has 6 N–H and O–H groups in total. The lowest BCUT2D eigenvalue weighted by Gasteiger charge is -2.06. The molecule has 0 fully saturated rings. The molecule has 0 bridgehead atoms. The molecule has 0 aliphatic carbocycles. The Bertz CT molecular complexity index is 274. The minimum absolute atomic E-state index is 0.250. The van der Waals surface area contributed by atoms with Crippen molar-refractivity contribution in [1.82, 2.24) is 0 Å². The van der Waals surface area contributed by atoms with Gasteiger partial charge in [0.15, 0.2) is 0 Å². The molecule has 0 aliphatic rings. The summed E-state index contributed by atoms with van der Waals surface area (Å²) in [5, 5.41) is 31.4. The second-order valence-corrected chi connectivity index (χ2v) is 7.28. The predicted octanol–water partition coefficient (Wildman–Crippen LogP) is 5.27. The highest BCUT2D eigenvalue weighted by molar-refractivity contribution is 5.72. The van der Waals surface area contributed by atoms with Gasteiger partial charge in [-0.3, -0.25) is 4.79 Å². The first-order chi connectivity index (χ1) is 14.4. The lowest BCUT2D eigenvalue weighted by atomic mass is 10.0. The van der Waals surface area contributed by atoms with Gasteiger partial charge < -0.3 is 26.2 Å². The average molecular weight is 438 g/mol. The Hall–Kier alpha value is -0.690. The number of aliphatic hydroxyl groups is 3. The SMILES string of the molecule is CCCCCCCCCCCCCCCCC(N)C(=O)O.CCO.CCO.CCO. The Morgan fingerprint density at radius 2 is 0.833 bits per heavy atom. The monoisotopic (exact) mass is 437 g/mol. The zero-order valence-corrected chi connectivity index (χ0v) is 20.6. The smallest absolute Gasteiger partial charge is 0.320 e. The van der Waals surface area contributed by atoms with E-state index < -0.39 is 12.0 Å². The third-order valence-corrected chi connectivity index (χ3v) is 4.19. The summed E-state index contributed by atoms with van der Waals surface area (Å²) >= 11 is 0. The number of carbonyl (C=O) groups is 1. The molecule has 6 nitrogen and oxygen atoms in total. The Morgan fingerprint density at radius 3 is 1.07 bits per heavy atom. The van der Waals surface area contributed by atoms with Gasteiger partial charge in [0.2, 0.25) is 0 Å². The maximum Gasteiger partial charge on any atom is 0.320 e. The molecule has 0 saturated heterocycles. The van der Waals surface area contributed by atoms with Gasteiger partial charge in [0, 0.05) is 19.8 Å². The molecule has 0 spiro atoms. The van der Waals surface area contributed by atoms with Crippen molar-refractivity contribution in [3.05, 3.63) is 0 Å². The first-order valence-electron chi connectivity index (χ1n) is 12.2. The molecule has 186 valence electrons. The highest BCUT2D eigenvalue weighted by atomic mass is 16.4. The first-order valence-corrected chi connectivity index (χ1v) is 12.2. The third kappa shape index (κ3) is 50.7. The summed E-state index contributed by atoms with van der Waals surface area (Å²) in [5.74, 6) is -0.871. The molecule has 6 heteroatoms. The molecule has 0 aliphatic heterocycles. The Labute approximate surface area is 187 Å². The highest BCUT2D eigenvalue weighted by Gasteiger charge is 2.09. The van der Waals surface area contributed by atoms with Crippen molar-refractivity contribution in [1.29, 1.82) is 0 Å². The van der Waals surface area contributed by atoms with Crippen LogP contribution >= 0.6 is 0 Å². The fourth-order valence-corrected chi connectivity index (χ4v) is 2.68. The molecular formula is C24H55NO5. The van der Waals surface area contributed by atoms with Gasteiger partial charge in [0.25, 0.3) is 0 Å². The van der Waals surface area contributed by atoms with Crippen LogP contribution in [0, 0.1) is 0 Å². The Morgan fingerprint density at radius 1 is 0.600 bits per heavy atom. The molecular weight excluding hydrogens is 382 g/mol. The van der Waals surface area contributed by atoms with Crippen LogP contribution in [-0.4, -0.2) is 52.3 Å². The van der Waals surface area contributed by atoms with Crippen molar-refractivity contribution < 1.29 is 25.2 Å². The number of hydrogen-bond donors (Lipinski definition) is 5. The van der Waals surface area contributed by atoms with Crippen LogP contribution in [0.3, 0.4) is 0 Å². The van der Waals surface area contributed by atoms with E-state index in [1.54, 1.807) is 20.8 Å². The number of aliphatic hydroxyl groups excluding tert-OH is 3. The van der Waals surface area contributed by atoms with Crippen molar-refractivity contribution >= 4 is 5.97 Å². The molecule has 0 aromatic rings. The number of unbranched alkanes of at least 4 members (excludes halogenated alkanes) is 13. The molecule has 0 aromatic carbocycles. The number of rotatable bonds is 16. The van der Waals surface area contributed by atoms with E-state index in [1.807, 2.05) is 0 Å². The molecule has 1 unspecified atom stereocenters. The lowest BCUT2D eigenvalue weighted by Crippen LogP contribution is -2.29. The van der Waals surface area contributed by atoms with Crippen molar-refractivity contribution in [3.63, 3.8) is 0 Å². The van der Waals surface area contributed by atoms with Crippen LogP contribution in [0.5, 0.6) is 0 Å². The second-order valence-electron chi connectivity index (χ2n) is 7.28. The van der Waals surface area contributed by atoms with Gasteiger partial charge in [-0.15, -0.1) is 0 Å². The standard InChI is InChI=1S/C18H37NO2.3C2H6O/c1-2-3-4-5-6-7-8-9-10-11-12-13-14-15-16-17(19)18(20)21;3*1-2-3/h17H,2-16,19H2,1H3,(H,20,21);3*3H,2H2,1H3. The van der Waals surface area contributed by atoms with E-state index in [1.165, 1.54) is 77.0 Å². The minimum atomic E-state index is -0.871. The lowest BCUT2D eigenvalue weighted by molar-refractivity contribution is -0.138. The number of nitrogens with two attached hydrogens (primary N) is 1. The van der Waals surface area contributed by atoms with E-state index in [2.05, 4.69) is 6.92 Å². The second kappa shape index (κ2) is 38.9. The number of carboxylic acid groups (broad SMARTS) is 1. The van der Waals surface area contributed by atoms with E-state index in [0.717, 1.165) is 12.8 Å². The minimum Gasteiger partial charge on any atom is -0.480 e. The number of hydrogen-bond acceptors (Lipinski definition) is 5. The van der Waals surface area contributed by atoms with E-state index >= 15 is 0 Å². The van der Waals surface area contributed by atoms with E-state index in [-0.39, 0.29) is 19.8 Å². The van der Waals surface area contributed by atoms with Gasteiger partial charge in [-0.2, -0.15) is 0 Å². The number of aliphatic carboxylic acids is 1. The van der Waals surface area contributed by atoms with Crippen LogP contribution in [0.1, 0.15) is 124 Å². The van der Waals surface area contributed by atoms with Gasteiger partial charge in [-0.25, -0.2) is 0 Å². The van der Waals surface area contributed by atoms with Crippen LogP contribution in [0.25, 0.3) is 0 Å². The van der Waals surface area contributed by atoms with Gasteiger partial charge in [-0.1, -0.05) is 96.8 Å². The zero-order valence-electron chi connectivity index (χ0n) is 20.6. The highest BCUT2D eigenvalue weighted by Crippen LogP contribution is 2.13. The summed E-state index contributed by atoms with van der Waals surface area (Å²) in [5.41, 5.74) is 5.46. The molecule has 0 aromatic heterocycles. The first kappa shape index (κ1) is 36.7. The summed E-state index contributed by atoms with van der Waals surface area (Å²) in [6.45, 7) is 8.06. The predicted molar refractivity (Wildman–Crippen MR) is 129 cm³/mol. The molecule has 1 atom stereocenters.